The highest BCUT2D eigenvalue weighted by Gasteiger charge is 2.33. The van der Waals surface area contributed by atoms with E-state index < -0.39 is 5.97 Å². The average molecular weight is 278 g/mol. The molecule has 5 nitrogen and oxygen atoms in total. The molecule has 0 spiro atoms. The van der Waals surface area contributed by atoms with Crippen molar-refractivity contribution < 1.29 is 14.7 Å². The number of aromatic nitrogens is 2. The minimum absolute atomic E-state index is 0.0962. The maximum atomic E-state index is 11.3. The Labute approximate surface area is 119 Å². The fourth-order valence-corrected chi connectivity index (χ4v) is 3.32. The molecule has 5 heteroatoms. The van der Waals surface area contributed by atoms with E-state index in [1.807, 2.05) is 4.68 Å². The Bertz CT molecular complexity index is 525. The van der Waals surface area contributed by atoms with E-state index in [2.05, 4.69) is 12.0 Å². The molecule has 2 rings (SSSR count). The van der Waals surface area contributed by atoms with E-state index in [0.29, 0.717) is 6.42 Å². The number of aromatic carboxylic acids is 1. The van der Waals surface area contributed by atoms with Gasteiger partial charge in [-0.25, -0.2) is 4.79 Å². The zero-order valence-electron chi connectivity index (χ0n) is 12.3. The van der Waals surface area contributed by atoms with E-state index in [4.69, 9.17) is 5.11 Å². The van der Waals surface area contributed by atoms with Crippen molar-refractivity contribution in [1.82, 2.24) is 9.78 Å². The van der Waals surface area contributed by atoms with E-state index in [1.54, 1.807) is 13.8 Å². The molecular formula is C15H22N2O3. The zero-order chi connectivity index (χ0) is 14.9. The van der Waals surface area contributed by atoms with Crippen LogP contribution in [-0.2, 0) is 4.79 Å². The third kappa shape index (κ3) is 2.92. The van der Waals surface area contributed by atoms with Crippen LogP contribution >= 0.6 is 0 Å². The highest BCUT2D eigenvalue weighted by Crippen LogP contribution is 2.43. The van der Waals surface area contributed by atoms with Gasteiger partial charge in [0, 0.05) is 6.42 Å². The zero-order valence-corrected chi connectivity index (χ0v) is 12.3. The topological polar surface area (TPSA) is 72.2 Å². The summed E-state index contributed by atoms with van der Waals surface area (Å²) in [7, 11) is 0. The molecule has 1 heterocycles. The molecular weight excluding hydrogens is 256 g/mol. The number of carboxylic acids is 1. The summed E-state index contributed by atoms with van der Waals surface area (Å²) >= 11 is 0. The monoisotopic (exact) mass is 278 g/mol. The Balaban J connectivity index is 2.08. The van der Waals surface area contributed by atoms with Crippen LogP contribution in [0.25, 0.3) is 0 Å². The molecule has 0 saturated heterocycles. The molecule has 0 amide bonds. The van der Waals surface area contributed by atoms with Crippen molar-refractivity contribution in [2.75, 3.05) is 0 Å². The molecule has 1 aromatic rings. The van der Waals surface area contributed by atoms with Crippen LogP contribution in [0.3, 0.4) is 0 Å². The minimum atomic E-state index is -0.925. The van der Waals surface area contributed by atoms with Crippen LogP contribution in [-0.4, -0.2) is 26.6 Å². The summed E-state index contributed by atoms with van der Waals surface area (Å²) < 4.78 is 1.84. The molecule has 0 bridgehead atoms. The van der Waals surface area contributed by atoms with Crippen LogP contribution in [0.1, 0.15) is 68.0 Å². The van der Waals surface area contributed by atoms with Crippen molar-refractivity contribution >= 4 is 11.8 Å². The van der Waals surface area contributed by atoms with Crippen molar-refractivity contribution in [2.24, 2.45) is 5.41 Å². The highest BCUT2D eigenvalue weighted by atomic mass is 16.4. The van der Waals surface area contributed by atoms with Gasteiger partial charge >= 0.3 is 5.97 Å². The fraction of sp³-hybridized carbons (Fsp3) is 0.667. The first-order valence-corrected chi connectivity index (χ1v) is 7.09. The number of carboxylic acid groups (broad SMARTS) is 1. The third-order valence-electron chi connectivity index (χ3n) is 4.46. The second-order valence-corrected chi connectivity index (χ2v) is 6.31. The van der Waals surface area contributed by atoms with Crippen molar-refractivity contribution in [2.45, 2.75) is 58.9 Å². The highest BCUT2D eigenvalue weighted by molar-refractivity contribution is 5.88. The van der Waals surface area contributed by atoms with Crippen LogP contribution in [0.2, 0.25) is 0 Å². The molecule has 1 aliphatic rings. The van der Waals surface area contributed by atoms with Crippen molar-refractivity contribution in [1.29, 1.82) is 0 Å². The molecule has 20 heavy (non-hydrogen) atoms. The Morgan fingerprint density at radius 2 is 2.05 bits per heavy atom. The lowest BCUT2D eigenvalue weighted by Crippen LogP contribution is -2.28. The maximum Gasteiger partial charge on any atom is 0.339 e. The van der Waals surface area contributed by atoms with Crippen LogP contribution in [0.5, 0.6) is 0 Å². The van der Waals surface area contributed by atoms with Crippen LogP contribution in [0.15, 0.2) is 6.20 Å². The lowest BCUT2D eigenvalue weighted by molar-refractivity contribution is -0.119. The Morgan fingerprint density at radius 1 is 1.45 bits per heavy atom. The number of carbonyl (C=O) groups excluding carboxylic acids is 1. The molecule has 0 atom stereocenters. The Morgan fingerprint density at radius 3 is 2.50 bits per heavy atom. The molecule has 0 radical (unpaired) electrons. The predicted octanol–water partition coefficient (Wildman–Crippen LogP) is 2.99. The largest absolute Gasteiger partial charge is 0.478 e. The summed E-state index contributed by atoms with van der Waals surface area (Å²) in [6, 6.07) is 0.253. The van der Waals surface area contributed by atoms with Gasteiger partial charge in [0.25, 0.3) is 0 Å². The van der Waals surface area contributed by atoms with Gasteiger partial charge in [0.2, 0.25) is 0 Å². The maximum absolute atomic E-state index is 11.3. The van der Waals surface area contributed by atoms with E-state index in [0.717, 1.165) is 31.4 Å². The van der Waals surface area contributed by atoms with Gasteiger partial charge in [0.05, 0.1) is 17.9 Å². The summed E-state index contributed by atoms with van der Waals surface area (Å²) in [5.41, 5.74) is 1.10. The summed E-state index contributed by atoms with van der Waals surface area (Å²) in [4.78, 5) is 22.4. The second kappa shape index (κ2) is 5.38. The molecule has 0 aromatic carbocycles. The SMILES string of the molecule is CC(=O)CC1(C)CCC(n2ncc(C(=O)O)c2C)CC1. The summed E-state index contributed by atoms with van der Waals surface area (Å²) in [5.74, 6) is -0.680. The lowest BCUT2D eigenvalue weighted by atomic mass is 9.71. The first-order chi connectivity index (χ1) is 9.32. The van der Waals surface area contributed by atoms with E-state index in [9.17, 15) is 9.59 Å². The van der Waals surface area contributed by atoms with Crippen LogP contribution in [0.4, 0.5) is 0 Å². The lowest BCUT2D eigenvalue weighted by Gasteiger charge is -2.37. The van der Waals surface area contributed by atoms with E-state index in [1.165, 1.54) is 6.20 Å². The van der Waals surface area contributed by atoms with Gasteiger partial charge in [-0.15, -0.1) is 0 Å². The summed E-state index contributed by atoms with van der Waals surface area (Å²) in [6.07, 6.45) is 5.94. The van der Waals surface area contributed by atoms with E-state index in [-0.39, 0.29) is 22.8 Å². The number of carbonyl (C=O) groups is 2. The number of ketones is 1. The molecule has 1 saturated carbocycles. The van der Waals surface area contributed by atoms with Crippen molar-refractivity contribution in [3.63, 3.8) is 0 Å². The second-order valence-electron chi connectivity index (χ2n) is 6.31. The van der Waals surface area contributed by atoms with Gasteiger partial charge < -0.3 is 9.90 Å². The summed E-state index contributed by atoms with van der Waals surface area (Å²) in [5, 5.41) is 13.3. The molecule has 1 aromatic heterocycles. The molecule has 110 valence electrons. The number of hydrogen-bond acceptors (Lipinski definition) is 3. The van der Waals surface area contributed by atoms with Crippen LogP contribution in [0, 0.1) is 12.3 Å². The first-order valence-electron chi connectivity index (χ1n) is 7.09. The first kappa shape index (κ1) is 14.8. The molecule has 1 fully saturated rings. The smallest absolute Gasteiger partial charge is 0.339 e. The summed E-state index contributed by atoms with van der Waals surface area (Å²) in [6.45, 7) is 5.62. The standard InChI is InChI=1S/C15H22N2O3/c1-10(18)8-15(3)6-4-12(5-7-15)17-11(2)13(9-16-17)14(19)20/h9,12H,4-8H2,1-3H3,(H,19,20). The van der Waals surface area contributed by atoms with E-state index >= 15 is 0 Å². The molecule has 1 N–H and O–H groups in total. The number of hydrogen-bond donors (Lipinski definition) is 1. The Hall–Kier alpha value is -1.65. The van der Waals surface area contributed by atoms with Gasteiger partial charge in [-0.3, -0.25) is 4.68 Å². The van der Waals surface area contributed by atoms with Crippen molar-refractivity contribution in [3.05, 3.63) is 17.5 Å². The van der Waals surface area contributed by atoms with Gasteiger partial charge in [-0.05, 0) is 44.9 Å². The normalized spacial score (nSPS) is 26.4. The van der Waals surface area contributed by atoms with Gasteiger partial charge in [-0.1, -0.05) is 6.92 Å². The van der Waals surface area contributed by atoms with Crippen molar-refractivity contribution in [3.8, 4) is 0 Å². The predicted molar refractivity (Wildman–Crippen MR) is 74.8 cm³/mol. The Kier molecular flexibility index (Phi) is 3.97. The number of rotatable bonds is 4. The van der Waals surface area contributed by atoms with Crippen LogP contribution < -0.4 is 0 Å². The van der Waals surface area contributed by atoms with Gasteiger partial charge in [0.1, 0.15) is 11.3 Å². The molecule has 0 unspecified atom stereocenters. The minimum Gasteiger partial charge on any atom is -0.478 e. The molecule has 0 aliphatic heterocycles. The quantitative estimate of drug-likeness (QED) is 0.919. The molecule has 1 aliphatic carbocycles. The fourth-order valence-electron chi connectivity index (χ4n) is 3.32. The number of nitrogens with zero attached hydrogens (tertiary/aromatic N) is 2. The van der Waals surface area contributed by atoms with Gasteiger partial charge in [-0.2, -0.15) is 5.10 Å². The third-order valence-corrected chi connectivity index (χ3v) is 4.46. The average Bonchev–Trinajstić information content (AvgIpc) is 2.71. The number of Topliss-reactive ketones (excluding diaryl/α,β-unsaturated/α-hetero) is 1. The van der Waals surface area contributed by atoms with Gasteiger partial charge in [0.15, 0.2) is 0 Å².